The fourth-order valence-corrected chi connectivity index (χ4v) is 2.74. The van der Waals surface area contributed by atoms with Gasteiger partial charge in [-0.25, -0.2) is 9.78 Å². The Bertz CT molecular complexity index is 632. The summed E-state index contributed by atoms with van der Waals surface area (Å²) in [6.07, 6.45) is -3.47. The van der Waals surface area contributed by atoms with Crippen LogP contribution >= 0.6 is 11.6 Å². The molecule has 1 amide bonds. The Kier molecular flexibility index (Phi) is 5.71. The molecule has 1 aliphatic heterocycles. The van der Waals surface area contributed by atoms with E-state index in [9.17, 15) is 18.0 Å². The molecule has 1 aliphatic rings. The molecule has 1 fully saturated rings. The number of carbonyl (C=O) groups is 1. The first-order chi connectivity index (χ1) is 11.5. The first kappa shape index (κ1) is 19.6. The Morgan fingerprint density at radius 3 is 2.44 bits per heavy atom. The van der Waals surface area contributed by atoms with Crippen molar-refractivity contribution < 1.29 is 22.7 Å². The van der Waals surface area contributed by atoms with Gasteiger partial charge in [0.2, 0.25) is 0 Å². The highest BCUT2D eigenvalue weighted by atomic mass is 35.5. The van der Waals surface area contributed by atoms with Crippen LogP contribution in [0, 0.1) is 0 Å². The van der Waals surface area contributed by atoms with Crippen molar-refractivity contribution in [2.75, 3.05) is 31.1 Å². The summed E-state index contributed by atoms with van der Waals surface area (Å²) in [5, 5.41) is -0.0551. The van der Waals surface area contributed by atoms with Gasteiger partial charge in [-0.1, -0.05) is 11.6 Å². The maximum Gasteiger partial charge on any atom is 0.417 e. The quantitative estimate of drug-likeness (QED) is 0.733. The fraction of sp³-hybridized carbons (Fsp3) is 0.625. The molecule has 0 radical (unpaired) electrons. The molecule has 0 spiro atoms. The predicted molar refractivity (Wildman–Crippen MR) is 88.9 cm³/mol. The van der Waals surface area contributed by atoms with Gasteiger partial charge in [0.15, 0.2) is 0 Å². The van der Waals surface area contributed by atoms with E-state index in [0.717, 1.165) is 12.3 Å². The SMILES string of the molecule is CC(C)(C)OC(=O)N1CCCN(c2ncc(C(F)(F)F)cc2Cl)CC1. The number of pyridine rings is 1. The molecule has 140 valence electrons. The molecular weight excluding hydrogens is 359 g/mol. The van der Waals surface area contributed by atoms with Gasteiger partial charge in [-0.05, 0) is 33.3 Å². The molecule has 0 aromatic carbocycles. The van der Waals surface area contributed by atoms with Crippen LogP contribution in [0.3, 0.4) is 0 Å². The van der Waals surface area contributed by atoms with Gasteiger partial charge in [-0.15, -0.1) is 0 Å². The molecule has 2 rings (SSSR count). The normalized spacial score (nSPS) is 16.6. The molecule has 25 heavy (non-hydrogen) atoms. The van der Waals surface area contributed by atoms with Crippen molar-refractivity contribution in [2.24, 2.45) is 0 Å². The van der Waals surface area contributed by atoms with Crippen molar-refractivity contribution in [2.45, 2.75) is 39.0 Å². The van der Waals surface area contributed by atoms with Crippen molar-refractivity contribution in [3.8, 4) is 0 Å². The average Bonchev–Trinajstić information content (AvgIpc) is 2.70. The molecule has 1 aromatic heterocycles. The van der Waals surface area contributed by atoms with Crippen LogP contribution in [0.25, 0.3) is 0 Å². The van der Waals surface area contributed by atoms with Gasteiger partial charge >= 0.3 is 12.3 Å². The van der Waals surface area contributed by atoms with Crippen LogP contribution in [0.15, 0.2) is 12.3 Å². The van der Waals surface area contributed by atoms with Crippen molar-refractivity contribution in [1.82, 2.24) is 9.88 Å². The largest absolute Gasteiger partial charge is 0.444 e. The number of amides is 1. The number of halogens is 4. The molecule has 0 unspecified atom stereocenters. The third-order valence-corrected chi connectivity index (χ3v) is 3.87. The molecule has 9 heteroatoms. The topological polar surface area (TPSA) is 45.7 Å². The predicted octanol–water partition coefficient (Wildman–Crippen LogP) is 4.20. The Labute approximate surface area is 149 Å². The van der Waals surface area contributed by atoms with E-state index in [1.165, 1.54) is 0 Å². The van der Waals surface area contributed by atoms with Crippen molar-refractivity contribution >= 4 is 23.5 Å². The number of anilines is 1. The Hall–Kier alpha value is -1.70. The van der Waals surface area contributed by atoms with E-state index in [0.29, 0.717) is 38.4 Å². The van der Waals surface area contributed by atoms with Crippen molar-refractivity contribution in [1.29, 1.82) is 0 Å². The monoisotopic (exact) mass is 379 g/mol. The van der Waals surface area contributed by atoms with E-state index >= 15 is 0 Å². The second-order valence-electron chi connectivity index (χ2n) is 6.84. The third kappa shape index (κ3) is 5.39. The molecule has 0 bridgehead atoms. The van der Waals surface area contributed by atoms with Gasteiger partial charge in [-0.3, -0.25) is 0 Å². The lowest BCUT2D eigenvalue weighted by molar-refractivity contribution is -0.137. The van der Waals surface area contributed by atoms with Gasteiger partial charge in [0.05, 0.1) is 10.6 Å². The van der Waals surface area contributed by atoms with E-state index in [1.807, 2.05) is 0 Å². The van der Waals surface area contributed by atoms with Crippen LogP contribution in [0.1, 0.15) is 32.8 Å². The number of alkyl halides is 3. The summed E-state index contributed by atoms with van der Waals surface area (Å²) >= 11 is 6.00. The second kappa shape index (κ2) is 7.27. The van der Waals surface area contributed by atoms with Crippen LogP contribution in [0.5, 0.6) is 0 Å². The number of nitrogens with zero attached hydrogens (tertiary/aromatic N) is 3. The van der Waals surface area contributed by atoms with E-state index < -0.39 is 23.4 Å². The lowest BCUT2D eigenvalue weighted by atomic mass is 10.2. The number of carbonyl (C=O) groups excluding carboxylic acids is 1. The van der Waals surface area contributed by atoms with Crippen LogP contribution in [-0.2, 0) is 10.9 Å². The smallest absolute Gasteiger partial charge is 0.417 e. The van der Waals surface area contributed by atoms with E-state index in [2.05, 4.69) is 4.98 Å². The van der Waals surface area contributed by atoms with Crippen molar-refractivity contribution in [3.63, 3.8) is 0 Å². The van der Waals surface area contributed by atoms with Gasteiger partial charge < -0.3 is 14.5 Å². The summed E-state index contributed by atoms with van der Waals surface area (Å²) in [5.74, 6) is 0.292. The van der Waals surface area contributed by atoms with Gasteiger partial charge in [0.25, 0.3) is 0 Å². The van der Waals surface area contributed by atoms with Crippen molar-refractivity contribution in [3.05, 3.63) is 22.8 Å². The minimum atomic E-state index is -4.48. The highest BCUT2D eigenvalue weighted by Gasteiger charge is 2.32. The Morgan fingerprint density at radius 2 is 1.88 bits per heavy atom. The minimum Gasteiger partial charge on any atom is -0.444 e. The average molecular weight is 380 g/mol. The molecule has 2 heterocycles. The zero-order valence-corrected chi connectivity index (χ0v) is 15.1. The van der Waals surface area contributed by atoms with E-state index in [-0.39, 0.29) is 5.02 Å². The van der Waals surface area contributed by atoms with E-state index in [4.69, 9.17) is 16.3 Å². The maximum absolute atomic E-state index is 12.7. The summed E-state index contributed by atoms with van der Waals surface area (Å²) in [4.78, 5) is 19.4. The second-order valence-corrected chi connectivity index (χ2v) is 7.24. The maximum atomic E-state index is 12.7. The number of hydrogen-bond acceptors (Lipinski definition) is 4. The number of rotatable bonds is 1. The van der Waals surface area contributed by atoms with Crippen LogP contribution < -0.4 is 4.90 Å². The summed E-state index contributed by atoms with van der Waals surface area (Å²) in [6, 6.07) is 0.875. The van der Waals surface area contributed by atoms with E-state index in [1.54, 1.807) is 30.6 Å². The third-order valence-electron chi connectivity index (χ3n) is 3.60. The Morgan fingerprint density at radius 1 is 1.20 bits per heavy atom. The lowest BCUT2D eigenvalue weighted by Crippen LogP contribution is -2.39. The number of hydrogen-bond donors (Lipinski definition) is 0. The zero-order valence-electron chi connectivity index (χ0n) is 14.4. The minimum absolute atomic E-state index is 0.0551. The molecule has 1 aromatic rings. The zero-order chi connectivity index (χ0) is 18.8. The molecular formula is C16H21ClF3N3O2. The van der Waals surface area contributed by atoms with Gasteiger partial charge in [-0.2, -0.15) is 13.2 Å². The molecule has 0 aliphatic carbocycles. The number of aromatic nitrogens is 1. The number of ether oxygens (including phenoxy) is 1. The fourth-order valence-electron chi connectivity index (χ4n) is 2.46. The van der Waals surface area contributed by atoms with Gasteiger partial charge in [0, 0.05) is 32.4 Å². The van der Waals surface area contributed by atoms with Crippen LogP contribution in [0.4, 0.5) is 23.8 Å². The lowest BCUT2D eigenvalue weighted by Gasteiger charge is -2.27. The van der Waals surface area contributed by atoms with Crippen LogP contribution in [0.2, 0.25) is 5.02 Å². The van der Waals surface area contributed by atoms with Gasteiger partial charge in [0.1, 0.15) is 11.4 Å². The molecule has 1 saturated heterocycles. The summed E-state index contributed by atoms with van der Waals surface area (Å²) in [6.45, 7) is 7.22. The highest BCUT2D eigenvalue weighted by Crippen LogP contribution is 2.33. The molecule has 5 nitrogen and oxygen atoms in total. The highest BCUT2D eigenvalue weighted by molar-refractivity contribution is 6.33. The molecule has 0 atom stereocenters. The summed E-state index contributed by atoms with van der Waals surface area (Å²) < 4.78 is 43.5. The molecule has 0 N–H and O–H groups in total. The van der Waals surface area contributed by atoms with Crippen LogP contribution in [-0.4, -0.2) is 47.8 Å². The summed E-state index contributed by atoms with van der Waals surface area (Å²) in [5.41, 5.74) is -1.46. The standard InChI is InChI=1S/C16H21ClF3N3O2/c1-15(2,3)25-14(24)23-6-4-5-22(7-8-23)13-12(17)9-11(10-21-13)16(18,19)20/h9-10H,4-8H2,1-3H3. The first-order valence-corrected chi connectivity index (χ1v) is 8.31. The first-order valence-electron chi connectivity index (χ1n) is 7.93. The Balaban J connectivity index is 2.07. The molecule has 0 saturated carbocycles. The summed E-state index contributed by atoms with van der Waals surface area (Å²) in [7, 11) is 0.